The van der Waals surface area contributed by atoms with Gasteiger partial charge in [0.1, 0.15) is 0 Å². The van der Waals surface area contributed by atoms with Gasteiger partial charge in [-0.05, 0) is 65.1 Å². The van der Waals surface area contributed by atoms with Gasteiger partial charge in [0.05, 0.1) is 4.90 Å². The van der Waals surface area contributed by atoms with Crippen LogP contribution in [-0.4, -0.2) is 20.9 Å². The number of hydrogen-bond donors (Lipinski definition) is 2. The maximum Gasteiger partial charge on any atom is 0.255 e. The van der Waals surface area contributed by atoms with Crippen LogP contribution in [-0.2, 0) is 16.4 Å². The summed E-state index contributed by atoms with van der Waals surface area (Å²) in [6.07, 6.45) is 0.853. The van der Waals surface area contributed by atoms with E-state index in [9.17, 15) is 13.2 Å². The number of fused-ring (bicyclic) bond motifs is 3. The second kappa shape index (κ2) is 7.22. The van der Waals surface area contributed by atoms with Crippen LogP contribution in [0, 0.1) is 0 Å². The molecule has 0 spiro atoms. The summed E-state index contributed by atoms with van der Waals surface area (Å²) < 4.78 is 26.4. The number of sulfonamides is 1. The molecule has 0 saturated heterocycles. The minimum Gasteiger partial charge on any atom is -0.322 e. The normalized spacial score (nSPS) is 12.3. The number of benzene rings is 3. The molecule has 0 unspecified atom stereocenters. The number of carbonyl (C=O) groups excluding carboxylic acids is 1. The number of anilines is 1. The second-order valence-corrected chi connectivity index (χ2v) is 8.45. The van der Waals surface area contributed by atoms with E-state index >= 15 is 0 Å². The fourth-order valence-electron chi connectivity index (χ4n) is 3.48. The zero-order valence-electron chi connectivity index (χ0n) is 15.4. The first-order valence-electron chi connectivity index (χ1n) is 9.10. The van der Waals surface area contributed by atoms with Crippen molar-refractivity contribution in [1.82, 2.24) is 4.72 Å². The Morgan fingerprint density at radius 1 is 0.929 bits per heavy atom. The van der Waals surface area contributed by atoms with Crippen molar-refractivity contribution in [3.8, 4) is 11.1 Å². The average molecular weight is 392 g/mol. The Labute approximate surface area is 164 Å². The summed E-state index contributed by atoms with van der Waals surface area (Å²) in [6, 6.07) is 20.1. The summed E-state index contributed by atoms with van der Waals surface area (Å²) in [5.41, 5.74) is 6.05. The predicted octanol–water partition coefficient (Wildman–Crippen LogP) is 3.81. The lowest BCUT2D eigenvalue weighted by atomic mass is 10.1. The van der Waals surface area contributed by atoms with E-state index in [0.29, 0.717) is 12.1 Å². The van der Waals surface area contributed by atoms with Crippen LogP contribution in [0.4, 0.5) is 5.69 Å². The van der Waals surface area contributed by atoms with E-state index in [1.165, 1.54) is 46.5 Å². The van der Waals surface area contributed by atoms with Crippen molar-refractivity contribution < 1.29 is 13.2 Å². The Balaban J connectivity index is 1.51. The van der Waals surface area contributed by atoms with E-state index in [0.717, 1.165) is 12.1 Å². The molecule has 0 aliphatic heterocycles. The lowest BCUT2D eigenvalue weighted by Gasteiger charge is -2.09. The summed E-state index contributed by atoms with van der Waals surface area (Å²) in [5.74, 6) is -0.275. The molecular formula is C22H20N2O3S. The molecule has 28 heavy (non-hydrogen) atoms. The lowest BCUT2D eigenvalue weighted by Crippen LogP contribution is -2.23. The average Bonchev–Trinajstić information content (AvgIpc) is 3.06. The Morgan fingerprint density at radius 2 is 1.64 bits per heavy atom. The van der Waals surface area contributed by atoms with Gasteiger partial charge in [0, 0.05) is 17.8 Å². The van der Waals surface area contributed by atoms with Gasteiger partial charge in [-0.25, -0.2) is 13.1 Å². The van der Waals surface area contributed by atoms with Crippen molar-refractivity contribution in [2.75, 3.05) is 11.9 Å². The first kappa shape index (κ1) is 18.4. The maximum atomic E-state index is 12.5. The monoisotopic (exact) mass is 392 g/mol. The zero-order valence-corrected chi connectivity index (χ0v) is 16.2. The van der Waals surface area contributed by atoms with Crippen LogP contribution in [0.1, 0.15) is 28.4 Å². The lowest BCUT2D eigenvalue weighted by molar-refractivity contribution is 0.102. The molecule has 0 atom stereocenters. The van der Waals surface area contributed by atoms with Crippen molar-refractivity contribution in [1.29, 1.82) is 0 Å². The highest BCUT2D eigenvalue weighted by Crippen LogP contribution is 2.37. The quantitative estimate of drug-likeness (QED) is 0.542. The van der Waals surface area contributed by atoms with E-state index < -0.39 is 10.0 Å². The van der Waals surface area contributed by atoms with Gasteiger partial charge in [-0.1, -0.05) is 37.3 Å². The highest BCUT2D eigenvalue weighted by molar-refractivity contribution is 7.89. The third kappa shape index (κ3) is 3.44. The molecule has 0 bridgehead atoms. The van der Waals surface area contributed by atoms with Crippen molar-refractivity contribution in [2.24, 2.45) is 0 Å². The van der Waals surface area contributed by atoms with E-state index in [1.54, 1.807) is 6.92 Å². The SMILES string of the molecule is CCNS(=O)(=O)c1ccc(C(=O)Nc2ccc3c(c2)Cc2ccccc2-3)cc1. The van der Waals surface area contributed by atoms with Crippen LogP contribution in [0.15, 0.2) is 71.6 Å². The zero-order chi connectivity index (χ0) is 19.7. The standard InChI is InChI=1S/C22H20N2O3S/c1-2-23-28(26,27)19-10-7-15(8-11-19)22(25)24-18-9-12-21-17(14-18)13-16-5-3-4-6-20(16)21/h3-12,14,23H,2,13H2,1H3,(H,24,25). The third-order valence-electron chi connectivity index (χ3n) is 4.81. The van der Waals surface area contributed by atoms with Gasteiger partial charge in [0.25, 0.3) is 5.91 Å². The third-order valence-corrected chi connectivity index (χ3v) is 6.37. The van der Waals surface area contributed by atoms with Crippen LogP contribution in [0.3, 0.4) is 0 Å². The Kier molecular flexibility index (Phi) is 4.75. The van der Waals surface area contributed by atoms with Gasteiger partial charge >= 0.3 is 0 Å². The number of amides is 1. The molecule has 3 aromatic rings. The fraction of sp³-hybridized carbons (Fsp3) is 0.136. The highest BCUT2D eigenvalue weighted by Gasteiger charge is 2.19. The molecule has 0 radical (unpaired) electrons. The van der Waals surface area contributed by atoms with Crippen LogP contribution in [0.5, 0.6) is 0 Å². The molecule has 1 aliphatic carbocycles. The minimum absolute atomic E-state index is 0.140. The molecule has 3 aromatic carbocycles. The largest absolute Gasteiger partial charge is 0.322 e. The van der Waals surface area contributed by atoms with E-state index in [2.05, 4.69) is 22.2 Å². The maximum absolute atomic E-state index is 12.5. The molecule has 1 amide bonds. The van der Waals surface area contributed by atoms with Gasteiger partial charge in [-0.15, -0.1) is 0 Å². The molecule has 5 nitrogen and oxygen atoms in total. The Hall–Kier alpha value is -2.96. The molecule has 142 valence electrons. The molecule has 0 fully saturated rings. The van der Waals surface area contributed by atoms with Crippen LogP contribution < -0.4 is 10.0 Å². The van der Waals surface area contributed by atoms with Crippen molar-refractivity contribution in [3.05, 3.63) is 83.4 Å². The van der Waals surface area contributed by atoms with Crippen molar-refractivity contribution in [3.63, 3.8) is 0 Å². The van der Waals surface area contributed by atoms with Crippen LogP contribution >= 0.6 is 0 Å². The van der Waals surface area contributed by atoms with Crippen LogP contribution in [0.25, 0.3) is 11.1 Å². The van der Waals surface area contributed by atoms with Crippen molar-refractivity contribution >= 4 is 21.6 Å². The summed E-state index contributed by atoms with van der Waals surface area (Å²) >= 11 is 0. The highest BCUT2D eigenvalue weighted by atomic mass is 32.2. The molecule has 0 aromatic heterocycles. The van der Waals surface area contributed by atoms with Crippen molar-refractivity contribution in [2.45, 2.75) is 18.2 Å². The molecule has 0 saturated carbocycles. The Morgan fingerprint density at radius 3 is 2.39 bits per heavy atom. The predicted molar refractivity (Wildman–Crippen MR) is 110 cm³/mol. The summed E-state index contributed by atoms with van der Waals surface area (Å²) in [5, 5.41) is 2.89. The van der Waals surface area contributed by atoms with Crippen LogP contribution in [0.2, 0.25) is 0 Å². The number of rotatable bonds is 5. The minimum atomic E-state index is -3.53. The molecule has 4 rings (SSSR count). The smallest absolute Gasteiger partial charge is 0.255 e. The van der Waals surface area contributed by atoms with Gasteiger partial charge in [0.15, 0.2) is 0 Å². The number of carbonyl (C=O) groups is 1. The molecule has 0 heterocycles. The fourth-order valence-corrected chi connectivity index (χ4v) is 4.53. The number of nitrogens with one attached hydrogen (secondary N) is 2. The Bertz CT molecular complexity index is 1150. The van der Waals surface area contributed by atoms with Gasteiger partial charge < -0.3 is 5.32 Å². The summed E-state index contributed by atoms with van der Waals surface area (Å²) in [6.45, 7) is 2.03. The van der Waals surface area contributed by atoms with Gasteiger partial charge in [0.2, 0.25) is 10.0 Å². The topological polar surface area (TPSA) is 75.3 Å². The van der Waals surface area contributed by atoms with Gasteiger partial charge in [-0.2, -0.15) is 0 Å². The molecule has 1 aliphatic rings. The first-order valence-corrected chi connectivity index (χ1v) is 10.6. The van der Waals surface area contributed by atoms with E-state index in [1.807, 2.05) is 30.3 Å². The van der Waals surface area contributed by atoms with E-state index in [4.69, 9.17) is 0 Å². The molecule has 6 heteroatoms. The van der Waals surface area contributed by atoms with Gasteiger partial charge in [-0.3, -0.25) is 4.79 Å². The first-order chi connectivity index (χ1) is 13.5. The molecular weight excluding hydrogens is 372 g/mol. The second-order valence-electron chi connectivity index (χ2n) is 6.69. The number of hydrogen-bond acceptors (Lipinski definition) is 3. The molecule has 2 N–H and O–H groups in total. The van der Waals surface area contributed by atoms with E-state index in [-0.39, 0.29) is 10.8 Å². The summed E-state index contributed by atoms with van der Waals surface area (Å²) in [7, 11) is -3.53. The summed E-state index contributed by atoms with van der Waals surface area (Å²) in [4.78, 5) is 12.7.